The van der Waals surface area contributed by atoms with Crippen LogP contribution in [0.25, 0.3) is 0 Å². The number of nitrogens with two attached hydrogens (primary N) is 1. The minimum Gasteiger partial charge on any atom is -0.404 e. The van der Waals surface area contributed by atoms with Crippen LogP contribution >= 0.6 is 0 Å². The zero-order valence-corrected chi connectivity index (χ0v) is 13.8. The summed E-state index contributed by atoms with van der Waals surface area (Å²) in [6.07, 6.45) is 3.42. The molecule has 4 heteroatoms. The van der Waals surface area contributed by atoms with E-state index in [1.165, 1.54) is 12.0 Å². The second-order valence-corrected chi connectivity index (χ2v) is 8.19. The fourth-order valence-corrected chi connectivity index (χ4v) is 5.06. The molecule has 1 aromatic carbocycles. The van der Waals surface area contributed by atoms with E-state index >= 15 is 0 Å². The zero-order chi connectivity index (χ0) is 15.5. The summed E-state index contributed by atoms with van der Waals surface area (Å²) >= 11 is 0. The molecule has 118 valence electrons. The second-order valence-electron chi connectivity index (χ2n) is 8.19. The van der Waals surface area contributed by atoms with Crippen LogP contribution in [0.2, 0.25) is 0 Å². The highest BCUT2D eigenvalue weighted by Crippen LogP contribution is 2.65. The Bertz CT molecular complexity index is 563. The Kier molecular flexibility index (Phi) is 3.23. The van der Waals surface area contributed by atoms with Crippen LogP contribution in [0.5, 0.6) is 0 Å². The van der Waals surface area contributed by atoms with Crippen molar-refractivity contribution in [1.82, 2.24) is 0 Å². The van der Waals surface area contributed by atoms with Gasteiger partial charge in [0.15, 0.2) is 0 Å². The summed E-state index contributed by atoms with van der Waals surface area (Å²) in [5.74, 6) is 1.27. The Labute approximate surface area is 133 Å². The van der Waals surface area contributed by atoms with Gasteiger partial charge >= 0.3 is 7.12 Å². The molecule has 1 aromatic rings. The topological polar surface area (TPSA) is 44.5 Å². The Morgan fingerprint density at radius 3 is 2.64 bits per heavy atom. The minimum atomic E-state index is -0.273. The maximum absolute atomic E-state index is 6.43. The first-order valence-corrected chi connectivity index (χ1v) is 8.54. The normalized spacial score (nSPS) is 40.0. The minimum absolute atomic E-state index is 0.106. The van der Waals surface area contributed by atoms with E-state index in [-0.39, 0.29) is 24.8 Å². The molecule has 5 rings (SSSR count). The van der Waals surface area contributed by atoms with Crippen LogP contribution in [-0.2, 0) is 15.7 Å². The van der Waals surface area contributed by atoms with Gasteiger partial charge in [0.05, 0.1) is 11.7 Å². The molecule has 2 N–H and O–H groups in total. The Morgan fingerprint density at radius 2 is 1.95 bits per heavy atom. The average molecular weight is 299 g/mol. The highest BCUT2D eigenvalue weighted by Gasteiger charge is 2.68. The molecular weight excluding hydrogens is 273 g/mol. The molecule has 0 radical (unpaired) electrons. The van der Waals surface area contributed by atoms with E-state index < -0.39 is 0 Å². The van der Waals surface area contributed by atoms with Gasteiger partial charge in [0.2, 0.25) is 0 Å². The van der Waals surface area contributed by atoms with Crippen molar-refractivity contribution in [3.05, 3.63) is 35.9 Å². The van der Waals surface area contributed by atoms with Crippen molar-refractivity contribution < 1.29 is 9.31 Å². The van der Waals surface area contributed by atoms with E-state index in [0.29, 0.717) is 11.3 Å². The van der Waals surface area contributed by atoms with E-state index in [2.05, 4.69) is 45.0 Å². The quantitative estimate of drug-likeness (QED) is 0.873. The van der Waals surface area contributed by atoms with Crippen molar-refractivity contribution in [3.63, 3.8) is 0 Å². The van der Waals surface area contributed by atoms with Gasteiger partial charge in [-0.25, -0.2) is 0 Å². The Hall–Kier alpha value is -0.835. The molecule has 3 saturated carbocycles. The molecule has 1 heterocycles. The fraction of sp³-hybridized carbons (Fsp3) is 0.667. The molecule has 5 atom stereocenters. The molecule has 1 unspecified atom stereocenters. The lowest BCUT2D eigenvalue weighted by Gasteiger charge is -2.64. The third-order valence-electron chi connectivity index (χ3n) is 6.63. The van der Waals surface area contributed by atoms with Crippen LogP contribution in [0.15, 0.2) is 30.3 Å². The van der Waals surface area contributed by atoms with Crippen LogP contribution in [0.1, 0.15) is 39.2 Å². The summed E-state index contributed by atoms with van der Waals surface area (Å²) in [5, 5.41) is 0. The molecule has 1 saturated heterocycles. The largest absolute Gasteiger partial charge is 0.475 e. The van der Waals surface area contributed by atoms with Crippen molar-refractivity contribution in [2.24, 2.45) is 23.0 Å². The zero-order valence-electron chi connectivity index (χ0n) is 13.8. The standard InChI is InChI=1S/C18H26BNO2/c1-17(2)13-10-14(17)18(3)15(11-13)21-19(22-18)16(20)9-12-7-5-4-6-8-12/h4-8,13-16H,9-11,20H2,1-3H3/t13-,14?,15+,16-,18-/m0/s1. The lowest BCUT2D eigenvalue weighted by molar-refractivity contribution is -0.199. The van der Waals surface area contributed by atoms with Crippen LogP contribution in [0.4, 0.5) is 0 Å². The maximum atomic E-state index is 6.43. The van der Waals surface area contributed by atoms with E-state index in [9.17, 15) is 0 Å². The van der Waals surface area contributed by atoms with Gasteiger partial charge in [0.1, 0.15) is 0 Å². The predicted octanol–water partition coefficient (Wildman–Crippen LogP) is 2.82. The van der Waals surface area contributed by atoms with E-state index in [0.717, 1.165) is 18.8 Å². The van der Waals surface area contributed by atoms with E-state index in [1.54, 1.807) is 0 Å². The van der Waals surface area contributed by atoms with Gasteiger partial charge in [-0.15, -0.1) is 0 Å². The molecule has 4 aliphatic rings. The van der Waals surface area contributed by atoms with E-state index in [4.69, 9.17) is 15.0 Å². The SMILES string of the molecule is CC1(C)C2C[C@H]1C[C@H]1OB([C@@H](N)Cc3ccccc3)O[C@@]21C. The number of hydrogen-bond acceptors (Lipinski definition) is 3. The van der Waals surface area contributed by atoms with Crippen molar-refractivity contribution in [1.29, 1.82) is 0 Å². The van der Waals surface area contributed by atoms with Gasteiger partial charge in [-0.2, -0.15) is 0 Å². The highest BCUT2D eigenvalue weighted by atomic mass is 16.7. The number of benzene rings is 1. The summed E-state index contributed by atoms with van der Waals surface area (Å²) < 4.78 is 12.7. The Morgan fingerprint density at radius 1 is 1.23 bits per heavy atom. The molecule has 4 fully saturated rings. The first-order valence-electron chi connectivity index (χ1n) is 8.54. The first kappa shape index (κ1) is 14.7. The lowest BCUT2D eigenvalue weighted by atomic mass is 9.43. The van der Waals surface area contributed by atoms with Gasteiger partial charge in [-0.05, 0) is 49.0 Å². The molecule has 2 bridgehead atoms. The Balaban J connectivity index is 1.48. The summed E-state index contributed by atoms with van der Waals surface area (Å²) in [6, 6.07) is 10.4. The number of hydrogen-bond donors (Lipinski definition) is 1. The highest BCUT2D eigenvalue weighted by molar-refractivity contribution is 6.47. The van der Waals surface area contributed by atoms with Crippen LogP contribution in [0.3, 0.4) is 0 Å². The van der Waals surface area contributed by atoms with Crippen molar-refractivity contribution >= 4 is 7.12 Å². The number of rotatable bonds is 3. The molecular formula is C18H26BNO2. The molecule has 22 heavy (non-hydrogen) atoms. The van der Waals surface area contributed by atoms with Gasteiger partial charge in [0, 0.05) is 5.94 Å². The average Bonchev–Trinajstić information content (AvgIpc) is 2.85. The molecule has 0 aromatic heterocycles. The van der Waals surface area contributed by atoms with Crippen molar-refractivity contribution in [2.45, 2.75) is 57.7 Å². The van der Waals surface area contributed by atoms with Gasteiger partial charge in [0.25, 0.3) is 0 Å². The van der Waals surface area contributed by atoms with Gasteiger partial charge < -0.3 is 15.0 Å². The third-order valence-corrected chi connectivity index (χ3v) is 6.63. The second kappa shape index (κ2) is 4.83. The third kappa shape index (κ3) is 2.00. The monoisotopic (exact) mass is 299 g/mol. The van der Waals surface area contributed by atoms with E-state index in [1.807, 2.05) is 6.07 Å². The summed E-state index contributed by atoms with van der Waals surface area (Å²) in [5.41, 5.74) is 7.87. The molecule has 0 spiro atoms. The maximum Gasteiger partial charge on any atom is 0.475 e. The molecule has 0 amide bonds. The fourth-order valence-electron chi connectivity index (χ4n) is 5.06. The van der Waals surface area contributed by atoms with Crippen molar-refractivity contribution in [3.8, 4) is 0 Å². The van der Waals surface area contributed by atoms with Crippen LogP contribution in [-0.4, -0.2) is 24.8 Å². The molecule has 3 aliphatic carbocycles. The molecule has 3 nitrogen and oxygen atoms in total. The smallest absolute Gasteiger partial charge is 0.404 e. The van der Waals surface area contributed by atoms with Crippen LogP contribution < -0.4 is 5.73 Å². The summed E-state index contributed by atoms with van der Waals surface area (Å²) in [7, 11) is -0.273. The molecule has 1 aliphatic heterocycles. The first-order chi connectivity index (χ1) is 10.4. The predicted molar refractivity (Wildman–Crippen MR) is 88.2 cm³/mol. The van der Waals surface area contributed by atoms with Gasteiger partial charge in [-0.1, -0.05) is 44.2 Å². The van der Waals surface area contributed by atoms with Crippen molar-refractivity contribution in [2.75, 3.05) is 0 Å². The lowest BCUT2D eigenvalue weighted by Crippen LogP contribution is -2.65. The summed E-state index contributed by atoms with van der Waals surface area (Å²) in [6.45, 7) is 7.01. The van der Waals surface area contributed by atoms with Crippen LogP contribution in [0, 0.1) is 17.3 Å². The van der Waals surface area contributed by atoms with Gasteiger partial charge in [-0.3, -0.25) is 0 Å². The summed E-state index contributed by atoms with van der Waals surface area (Å²) in [4.78, 5) is 0.